The Kier molecular flexibility index (Phi) is 3.90. The molecule has 1 aromatic heterocycles. The third-order valence-electron chi connectivity index (χ3n) is 2.68. The van der Waals surface area contributed by atoms with Crippen LogP contribution in [0.5, 0.6) is 5.75 Å². The summed E-state index contributed by atoms with van der Waals surface area (Å²) in [6.45, 7) is 0.277. The molecule has 0 aliphatic rings. The summed E-state index contributed by atoms with van der Waals surface area (Å²) >= 11 is 3.12. The smallest absolute Gasteiger partial charge is 0.218 e. The molecule has 1 aromatic carbocycles. The SMILES string of the molecule is COc1ccc(Cn2cc(N)c(=O)c(Br)c2)c(F)c1. The summed E-state index contributed by atoms with van der Waals surface area (Å²) in [6, 6.07) is 4.63. The van der Waals surface area contributed by atoms with Gasteiger partial charge < -0.3 is 15.0 Å². The van der Waals surface area contributed by atoms with Gasteiger partial charge in [-0.1, -0.05) is 6.07 Å². The average molecular weight is 327 g/mol. The minimum absolute atomic E-state index is 0.114. The Morgan fingerprint density at radius 1 is 1.42 bits per heavy atom. The van der Waals surface area contributed by atoms with Crippen molar-refractivity contribution in [3.05, 3.63) is 56.7 Å². The Labute approximate surface area is 117 Å². The molecule has 0 fully saturated rings. The zero-order valence-electron chi connectivity index (χ0n) is 10.2. The zero-order valence-corrected chi connectivity index (χ0v) is 11.8. The highest BCUT2D eigenvalue weighted by molar-refractivity contribution is 9.10. The van der Waals surface area contributed by atoms with Crippen molar-refractivity contribution in [2.45, 2.75) is 6.54 Å². The van der Waals surface area contributed by atoms with Crippen LogP contribution in [-0.4, -0.2) is 11.7 Å². The number of methoxy groups -OCH3 is 1. The topological polar surface area (TPSA) is 57.2 Å². The van der Waals surface area contributed by atoms with Crippen molar-refractivity contribution in [1.82, 2.24) is 4.57 Å². The first-order valence-corrected chi connectivity index (χ1v) is 6.28. The van der Waals surface area contributed by atoms with Gasteiger partial charge >= 0.3 is 0 Å². The van der Waals surface area contributed by atoms with Crippen molar-refractivity contribution >= 4 is 21.6 Å². The fourth-order valence-corrected chi connectivity index (χ4v) is 2.18. The number of nitrogens with two attached hydrogens (primary N) is 1. The highest BCUT2D eigenvalue weighted by Crippen LogP contribution is 2.18. The van der Waals surface area contributed by atoms with E-state index in [1.165, 1.54) is 19.4 Å². The molecule has 0 radical (unpaired) electrons. The Morgan fingerprint density at radius 3 is 2.74 bits per heavy atom. The minimum Gasteiger partial charge on any atom is -0.497 e. The molecular weight excluding hydrogens is 315 g/mol. The van der Waals surface area contributed by atoms with E-state index in [2.05, 4.69) is 15.9 Å². The van der Waals surface area contributed by atoms with Crippen molar-refractivity contribution in [3.8, 4) is 5.75 Å². The predicted octanol–water partition coefficient (Wildman–Crippen LogP) is 2.39. The highest BCUT2D eigenvalue weighted by atomic mass is 79.9. The standard InChI is InChI=1S/C13H12BrFN2O2/c1-19-9-3-2-8(11(15)4-9)5-17-6-10(14)13(18)12(16)7-17/h2-4,6-7H,5,16H2,1H3. The molecule has 2 N–H and O–H groups in total. The molecule has 0 aliphatic heterocycles. The van der Waals surface area contributed by atoms with Crippen LogP contribution < -0.4 is 15.9 Å². The maximum absolute atomic E-state index is 13.8. The average Bonchev–Trinajstić information content (AvgIpc) is 2.38. The quantitative estimate of drug-likeness (QED) is 0.942. The van der Waals surface area contributed by atoms with Crippen LogP contribution in [-0.2, 0) is 6.54 Å². The van der Waals surface area contributed by atoms with E-state index in [1.807, 2.05) is 0 Å². The number of pyridine rings is 1. The molecule has 0 saturated heterocycles. The lowest BCUT2D eigenvalue weighted by Crippen LogP contribution is -2.14. The zero-order chi connectivity index (χ0) is 14.0. The fourth-order valence-electron chi connectivity index (χ4n) is 1.69. The molecule has 0 bridgehead atoms. The van der Waals surface area contributed by atoms with Gasteiger partial charge in [0, 0.05) is 24.0 Å². The molecule has 19 heavy (non-hydrogen) atoms. The molecule has 0 spiro atoms. The van der Waals surface area contributed by atoms with Gasteiger partial charge in [-0.15, -0.1) is 0 Å². The van der Waals surface area contributed by atoms with Gasteiger partial charge in [0.2, 0.25) is 5.43 Å². The number of aromatic nitrogens is 1. The third-order valence-corrected chi connectivity index (χ3v) is 3.24. The number of hydrogen-bond donors (Lipinski definition) is 1. The number of rotatable bonds is 3. The van der Waals surface area contributed by atoms with Gasteiger partial charge in [-0.2, -0.15) is 0 Å². The molecule has 0 aliphatic carbocycles. The Balaban J connectivity index is 2.34. The number of benzene rings is 1. The first-order chi connectivity index (χ1) is 9.01. The number of halogens is 2. The second-order valence-electron chi connectivity index (χ2n) is 4.02. The molecular formula is C13H12BrFN2O2. The second kappa shape index (κ2) is 5.44. The molecule has 0 amide bonds. The van der Waals surface area contributed by atoms with Crippen LogP contribution in [0.1, 0.15) is 5.56 Å². The van der Waals surface area contributed by atoms with E-state index in [0.29, 0.717) is 15.8 Å². The molecule has 4 nitrogen and oxygen atoms in total. The molecule has 0 saturated carbocycles. The maximum atomic E-state index is 13.8. The summed E-state index contributed by atoms with van der Waals surface area (Å²) in [6.07, 6.45) is 3.05. The maximum Gasteiger partial charge on any atom is 0.218 e. The van der Waals surface area contributed by atoms with Crippen LogP contribution in [0.3, 0.4) is 0 Å². The van der Waals surface area contributed by atoms with E-state index < -0.39 is 0 Å². The van der Waals surface area contributed by atoms with Crippen molar-refractivity contribution in [1.29, 1.82) is 0 Å². The van der Waals surface area contributed by atoms with Gasteiger partial charge in [0.05, 0.1) is 23.8 Å². The molecule has 100 valence electrons. The van der Waals surface area contributed by atoms with Crippen LogP contribution in [0.25, 0.3) is 0 Å². The summed E-state index contributed by atoms with van der Waals surface area (Å²) in [5, 5.41) is 0. The summed E-state index contributed by atoms with van der Waals surface area (Å²) in [5.74, 6) is 0.0922. The highest BCUT2D eigenvalue weighted by Gasteiger charge is 2.07. The Hall–Kier alpha value is -1.82. The minimum atomic E-state index is -0.368. The molecule has 0 unspecified atom stereocenters. The van der Waals surface area contributed by atoms with Crippen molar-refractivity contribution in [3.63, 3.8) is 0 Å². The van der Waals surface area contributed by atoms with E-state index in [4.69, 9.17) is 10.5 Å². The number of nitrogen functional groups attached to an aromatic ring is 1. The van der Waals surface area contributed by atoms with Crippen LogP contribution in [0, 0.1) is 5.82 Å². The number of ether oxygens (including phenoxy) is 1. The van der Waals surface area contributed by atoms with Crippen LogP contribution in [0.15, 0.2) is 39.9 Å². The lowest BCUT2D eigenvalue weighted by molar-refractivity contribution is 0.410. The van der Waals surface area contributed by atoms with E-state index in [9.17, 15) is 9.18 Å². The number of anilines is 1. The first kappa shape index (κ1) is 13.6. The van der Waals surface area contributed by atoms with E-state index >= 15 is 0 Å². The summed E-state index contributed by atoms with van der Waals surface area (Å²) in [5.41, 5.74) is 5.91. The second-order valence-corrected chi connectivity index (χ2v) is 4.87. The van der Waals surface area contributed by atoms with Crippen molar-refractivity contribution < 1.29 is 9.13 Å². The normalized spacial score (nSPS) is 10.5. The Bertz CT molecular complexity index is 644. The largest absolute Gasteiger partial charge is 0.497 e. The fraction of sp³-hybridized carbons (Fsp3) is 0.154. The van der Waals surface area contributed by atoms with Crippen LogP contribution >= 0.6 is 15.9 Å². The van der Waals surface area contributed by atoms with Gasteiger partial charge in [0.1, 0.15) is 11.6 Å². The predicted molar refractivity (Wildman–Crippen MR) is 74.9 cm³/mol. The molecule has 2 rings (SSSR count). The van der Waals surface area contributed by atoms with Gasteiger partial charge in [-0.3, -0.25) is 4.79 Å². The lowest BCUT2D eigenvalue weighted by Gasteiger charge is -2.10. The van der Waals surface area contributed by atoms with E-state index in [-0.39, 0.29) is 23.5 Å². The monoisotopic (exact) mass is 326 g/mol. The van der Waals surface area contributed by atoms with Gasteiger partial charge in [0.25, 0.3) is 0 Å². The summed E-state index contributed by atoms with van der Waals surface area (Å²) in [4.78, 5) is 11.4. The summed E-state index contributed by atoms with van der Waals surface area (Å²) < 4.78 is 20.7. The van der Waals surface area contributed by atoms with Gasteiger partial charge in [0.15, 0.2) is 0 Å². The summed E-state index contributed by atoms with van der Waals surface area (Å²) in [7, 11) is 1.48. The van der Waals surface area contributed by atoms with Gasteiger partial charge in [-0.25, -0.2) is 4.39 Å². The van der Waals surface area contributed by atoms with Gasteiger partial charge in [-0.05, 0) is 22.0 Å². The van der Waals surface area contributed by atoms with Crippen LogP contribution in [0.4, 0.5) is 10.1 Å². The first-order valence-electron chi connectivity index (χ1n) is 5.48. The van der Waals surface area contributed by atoms with E-state index in [0.717, 1.165) is 0 Å². The third kappa shape index (κ3) is 2.96. The molecule has 0 atom stereocenters. The van der Waals surface area contributed by atoms with Crippen molar-refractivity contribution in [2.24, 2.45) is 0 Å². The van der Waals surface area contributed by atoms with Crippen molar-refractivity contribution in [2.75, 3.05) is 12.8 Å². The Morgan fingerprint density at radius 2 is 2.16 bits per heavy atom. The number of hydrogen-bond acceptors (Lipinski definition) is 3. The molecule has 1 heterocycles. The number of nitrogens with zero attached hydrogens (tertiary/aromatic N) is 1. The lowest BCUT2D eigenvalue weighted by atomic mass is 10.2. The molecule has 6 heteroatoms. The molecule has 2 aromatic rings. The van der Waals surface area contributed by atoms with Crippen LogP contribution in [0.2, 0.25) is 0 Å². The van der Waals surface area contributed by atoms with E-state index in [1.54, 1.807) is 22.9 Å².